The third-order valence-corrected chi connectivity index (χ3v) is 3.15. The van der Waals surface area contributed by atoms with Crippen LogP contribution in [0.5, 0.6) is 0 Å². The van der Waals surface area contributed by atoms with Crippen molar-refractivity contribution in [3.05, 3.63) is 29.3 Å². The molecular weight excluding hydrogens is 290 g/mol. The van der Waals surface area contributed by atoms with Gasteiger partial charge in [-0.2, -0.15) is 0 Å². The van der Waals surface area contributed by atoms with E-state index in [0.717, 1.165) is 18.9 Å². The molecule has 0 aromatic heterocycles. The zero-order chi connectivity index (χ0) is 16.7. The SMILES string of the molecule is CCCCN(CCC(=O)O)c1cc(C(=O)O)cc(C(=O)O)c1. The molecule has 0 heterocycles. The number of benzene rings is 1. The van der Waals surface area contributed by atoms with Gasteiger partial charge in [-0.3, -0.25) is 4.79 Å². The summed E-state index contributed by atoms with van der Waals surface area (Å²) in [7, 11) is 0. The number of rotatable bonds is 9. The molecule has 3 N–H and O–H groups in total. The summed E-state index contributed by atoms with van der Waals surface area (Å²) in [4.78, 5) is 34.7. The van der Waals surface area contributed by atoms with Crippen LogP contribution in [0.4, 0.5) is 5.69 Å². The molecular formula is C15H19NO6. The molecule has 0 amide bonds. The molecule has 7 nitrogen and oxygen atoms in total. The highest BCUT2D eigenvalue weighted by Crippen LogP contribution is 2.21. The minimum Gasteiger partial charge on any atom is -0.481 e. The van der Waals surface area contributed by atoms with Gasteiger partial charge in [0.05, 0.1) is 17.5 Å². The van der Waals surface area contributed by atoms with Crippen LogP contribution >= 0.6 is 0 Å². The van der Waals surface area contributed by atoms with Crippen molar-refractivity contribution in [2.24, 2.45) is 0 Å². The number of anilines is 1. The van der Waals surface area contributed by atoms with E-state index in [0.29, 0.717) is 12.2 Å². The molecule has 120 valence electrons. The van der Waals surface area contributed by atoms with Crippen LogP contribution in [-0.4, -0.2) is 46.3 Å². The molecule has 0 aliphatic carbocycles. The summed E-state index contributed by atoms with van der Waals surface area (Å²) in [6.45, 7) is 2.70. The minimum absolute atomic E-state index is 0.108. The van der Waals surface area contributed by atoms with Crippen molar-refractivity contribution in [1.29, 1.82) is 0 Å². The van der Waals surface area contributed by atoms with Crippen LogP contribution < -0.4 is 4.90 Å². The number of hydrogen-bond acceptors (Lipinski definition) is 4. The lowest BCUT2D eigenvalue weighted by molar-refractivity contribution is -0.136. The Hall–Kier alpha value is -2.57. The average molecular weight is 309 g/mol. The molecule has 0 aliphatic rings. The van der Waals surface area contributed by atoms with Gasteiger partial charge in [0.25, 0.3) is 0 Å². The molecule has 0 aliphatic heterocycles. The van der Waals surface area contributed by atoms with E-state index in [2.05, 4.69) is 0 Å². The van der Waals surface area contributed by atoms with Crippen molar-refractivity contribution in [2.75, 3.05) is 18.0 Å². The minimum atomic E-state index is -1.22. The first kappa shape index (κ1) is 17.5. The molecule has 0 atom stereocenters. The third kappa shape index (κ3) is 5.08. The Morgan fingerprint density at radius 3 is 1.91 bits per heavy atom. The monoisotopic (exact) mass is 309 g/mol. The van der Waals surface area contributed by atoms with Crippen LogP contribution in [0.15, 0.2) is 18.2 Å². The van der Waals surface area contributed by atoms with Gasteiger partial charge in [0, 0.05) is 18.8 Å². The van der Waals surface area contributed by atoms with E-state index in [9.17, 15) is 14.4 Å². The van der Waals surface area contributed by atoms with E-state index in [1.807, 2.05) is 6.92 Å². The Morgan fingerprint density at radius 1 is 0.955 bits per heavy atom. The van der Waals surface area contributed by atoms with E-state index < -0.39 is 17.9 Å². The number of nitrogens with zero attached hydrogens (tertiary/aromatic N) is 1. The van der Waals surface area contributed by atoms with Gasteiger partial charge >= 0.3 is 17.9 Å². The maximum absolute atomic E-state index is 11.1. The highest BCUT2D eigenvalue weighted by Gasteiger charge is 2.15. The van der Waals surface area contributed by atoms with Crippen LogP contribution in [0.3, 0.4) is 0 Å². The zero-order valence-corrected chi connectivity index (χ0v) is 12.3. The highest BCUT2D eigenvalue weighted by molar-refractivity contribution is 5.95. The Bertz CT molecular complexity index is 537. The Labute approximate surface area is 127 Å². The smallest absolute Gasteiger partial charge is 0.335 e. The summed E-state index contributed by atoms with van der Waals surface area (Å²) in [5.74, 6) is -3.41. The highest BCUT2D eigenvalue weighted by atomic mass is 16.4. The van der Waals surface area contributed by atoms with Gasteiger partial charge in [0.15, 0.2) is 0 Å². The fraction of sp³-hybridized carbons (Fsp3) is 0.400. The maximum atomic E-state index is 11.1. The fourth-order valence-electron chi connectivity index (χ4n) is 1.99. The normalized spacial score (nSPS) is 10.2. The second-order valence-electron chi connectivity index (χ2n) is 4.86. The zero-order valence-electron chi connectivity index (χ0n) is 12.3. The maximum Gasteiger partial charge on any atom is 0.335 e. The number of aromatic carboxylic acids is 2. The van der Waals surface area contributed by atoms with Crippen molar-refractivity contribution >= 4 is 23.6 Å². The van der Waals surface area contributed by atoms with Crippen LogP contribution in [0.1, 0.15) is 46.9 Å². The van der Waals surface area contributed by atoms with E-state index >= 15 is 0 Å². The Balaban J connectivity index is 3.17. The van der Waals surface area contributed by atoms with E-state index in [1.165, 1.54) is 12.1 Å². The molecule has 22 heavy (non-hydrogen) atoms. The van der Waals surface area contributed by atoms with Gasteiger partial charge in [-0.1, -0.05) is 13.3 Å². The number of hydrogen-bond donors (Lipinski definition) is 3. The first-order chi connectivity index (χ1) is 10.3. The molecule has 0 saturated heterocycles. The van der Waals surface area contributed by atoms with Crippen LogP contribution in [0.2, 0.25) is 0 Å². The fourth-order valence-corrected chi connectivity index (χ4v) is 1.99. The van der Waals surface area contributed by atoms with Crippen LogP contribution in [0.25, 0.3) is 0 Å². The first-order valence-corrected chi connectivity index (χ1v) is 6.93. The summed E-state index contributed by atoms with van der Waals surface area (Å²) in [6.07, 6.45) is 1.57. The quantitative estimate of drug-likeness (QED) is 0.640. The molecule has 1 aromatic carbocycles. The molecule has 0 fully saturated rings. The van der Waals surface area contributed by atoms with Gasteiger partial charge in [0.2, 0.25) is 0 Å². The molecule has 0 saturated carbocycles. The Morgan fingerprint density at radius 2 is 1.50 bits per heavy atom. The lowest BCUT2D eigenvalue weighted by atomic mass is 10.1. The van der Waals surface area contributed by atoms with Crippen molar-refractivity contribution in [3.63, 3.8) is 0 Å². The molecule has 0 radical (unpaired) electrons. The van der Waals surface area contributed by atoms with Crippen LogP contribution in [0, 0.1) is 0 Å². The second kappa shape index (κ2) is 8.02. The summed E-state index contributed by atoms with van der Waals surface area (Å²) in [5, 5.41) is 27.0. The van der Waals surface area contributed by atoms with E-state index in [4.69, 9.17) is 15.3 Å². The van der Waals surface area contributed by atoms with Crippen molar-refractivity contribution in [2.45, 2.75) is 26.2 Å². The van der Waals surface area contributed by atoms with Crippen molar-refractivity contribution in [1.82, 2.24) is 0 Å². The van der Waals surface area contributed by atoms with Gasteiger partial charge < -0.3 is 20.2 Å². The van der Waals surface area contributed by atoms with E-state index in [-0.39, 0.29) is 24.1 Å². The molecule has 0 spiro atoms. The second-order valence-corrected chi connectivity index (χ2v) is 4.86. The van der Waals surface area contributed by atoms with Crippen molar-refractivity contribution < 1.29 is 29.7 Å². The number of carboxylic acid groups (broad SMARTS) is 3. The molecule has 0 bridgehead atoms. The number of aliphatic carboxylic acids is 1. The van der Waals surface area contributed by atoms with E-state index in [1.54, 1.807) is 4.90 Å². The first-order valence-electron chi connectivity index (χ1n) is 6.93. The molecule has 1 rings (SSSR count). The van der Waals surface area contributed by atoms with Gasteiger partial charge in [0.1, 0.15) is 0 Å². The summed E-state index contributed by atoms with van der Waals surface area (Å²) in [5.41, 5.74) is 0.144. The predicted molar refractivity (Wildman–Crippen MR) is 79.7 cm³/mol. The predicted octanol–water partition coefficient (Wildman–Crippen LogP) is 2.16. The number of carbonyl (C=O) groups is 3. The number of carboxylic acids is 3. The average Bonchev–Trinajstić information content (AvgIpc) is 2.46. The standard InChI is InChI=1S/C15H19NO6/c1-2-3-5-16(6-4-13(17)18)12-8-10(14(19)20)7-11(9-12)15(21)22/h7-9H,2-6H2,1H3,(H,17,18)(H,19,20)(H,21,22). The number of unbranched alkanes of at least 4 members (excludes halogenated alkanes) is 1. The molecule has 0 unspecified atom stereocenters. The van der Waals surface area contributed by atoms with Crippen molar-refractivity contribution in [3.8, 4) is 0 Å². The Kier molecular flexibility index (Phi) is 6.37. The van der Waals surface area contributed by atoms with Gasteiger partial charge in [-0.15, -0.1) is 0 Å². The summed E-state index contributed by atoms with van der Waals surface area (Å²) >= 11 is 0. The topological polar surface area (TPSA) is 115 Å². The molecule has 7 heteroatoms. The van der Waals surface area contributed by atoms with Gasteiger partial charge in [-0.25, -0.2) is 9.59 Å². The van der Waals surface area contributed by atoms with Crippen LogP contribution in [-0.2, 0) is 4.79 Å². The lowest BCUT2D eigenvalue weighted by Crippen LogP contribution is -2.27. The lowest BCUT2D eigenvalue weighted by Gasteiger charge is -2.24. The summed E-state index contributed by atoms with van der Waals surface area (Å²) in [6, 6.07) is 3.82. The largest absolute Gasteiger partial charge is 0.481 e. The molecule has 1 aromatic rings. The van der Waals surface area contributed by atoms with Gasteiger partial charge in [-0.05, 0) is 24.6 Å². The third-order valence-electron chi connectivity index (χ3n) is 3.15. The summed E-state index contributed by atoms with van der Waals surface area (Å²) < 4.78 is 0.